The molecule has 6 nitrogen and oxygen atoms in total. The highest BCUT2D eigenvalue weighted by molar-refractivity contribution is 5.79. The predicted octanol–water partition coefficient (Wildman–Crippen LogP) is 1.39. The van der Waals surface area contributed by atoms with E-state index in [1.54, 1.807) is 4.90 Å². The SMILES string of the molecule is CCCNC(=O)CCCC(=O)N(CCC(=O)O)C(C)C. The summed E-state index contributed by atoms with van der Waals surface area (Å²) in [5.74, 6) is -1.05. The van der Waals surface area contributed by atoms with Gasteiger partial charge in [0.25, 0.3) is 0 Å². The van der Waals surface area contributed by atoms with E-state index in [-0.39, 0.29) is 37.2 Å². The van der Waals surface area contributed by atoms with Crippen molar-refractivity contribution in [3.63, 3.8) is 0 Å². The molecule has 6 heteroatoms. The van der Waals surface area contributed by atoms with E-state index in [1.165, 1.54) is 0 Å². The number of aliphatic carboxylic acids is 1. The Kier molecular flexibility index (Phi) is 9.41. The summed E-state index contributed by atoms with van der Waals surface area (Å²) >= 11 is 0. The summed E-state index contributed by atoms with van der Waals surface area (Å²) in [5.41, 5.74) is 0. The van der Waals surface area contributed by atoms with Gasteiger partial charge in [0.15, 0.2) is 0 Å². The maximum absolute atomic E-state index is 12.0. The average Bonchev–Trinajstić information content (AvgIpc) is 2.35. The molecule has 0 fully saturated rings. The van der Waals surface area contributed by atoms with Gasteiger partial charge in [-0.25, -0.2) is 0 Å². The minimum absolute atomic E-state index is 0.0317. The smallest absolute Gasteiger partial charge is 0.305 e. The summed E-state index contributed by atoms with van der Waals surface area (Å²) in [4.78, 5) is 35.5. The van der Waals surface area contributed by atoms with Crippen LogP contribution in [0.2, 0.25) is 0 Å². The highest BCUT2D eigenvalue weighted by atomic mass is 16.4. The molecule has 0 saturated heterocycles. The zero-order valence-electron chi connectivity index (χ0n) is 12.6. The van der Waals surface area contributed by atoms with Gasteiger partial charge >= 0.3 is 5.97 Å². The number of carboxylic acids is 1. The van der Waals surface area contributed by atoms with Gasteiger partial charge in [-0.3, -0.25) is 14.4 Å². The number of nitrogens with zero attached hydrogens (tertiary/aromatic N) is 1. The Morgan fingerprint density at radius 1 is 1.15 bits per heavy atom. The molecule has 20 heavy (non-hydrogen) atoms. The number of carbonyl (C=O) groups is 3. The van der Waals surface area contributed by atoms with Crippen molar-refractivity contribution < 1.29 is 19.5 Å². The van der Waals surface area contributed by atoms with Crippen molar-refractivity contribution in [2.24, 2.45) is 0 Å². The first-order chi connectivity index (χ1) is 9.38. The van der Waals surface area contributed by atoms with Gasteiger partial charge in [-0.2, -0.15) is 0 Å². The van der Waals surface area contributed by atoms with E-state index in [4.69, 9.17) is 5.11 Å². The molecular formula is C14H26N2O4. The van der Waals surface area contributed by atoms with Crippen LogP contribution in [0.4, 0.5) is 0 Å². The fraction of sp³-hybridized carbons (Fsp3) is 0.786. The predicted molar refractivity (Wildman–Crippen MR) is 76.3 cm³/mol. The van der Waals surface area contributed by atoms with Gasteiger partial charge in [0, 0.05) is 32.0 Å². The van der Waals surface area contributed by atoms with Crippen LogP contribution in [-0.4, -0.2) is 46.9 Å². The number of rotatable bonds is 10. The monoisotopic (exact) mass is 286 g/mol. The molecule has 0 aromatic rings. The van der Waals surface area contributed by atoms with Gasteiger partial charge in [-0.1, -0.05) is 6.92 Å². The molecule has 0 saturated carbocycles. The maximum Gasteiger partial charge on any atom is 0.305 e. The van der Waals surface area contributed by atoms with Crippen LogP contribution in [0.1, 0.15) is 52.9 Å². The van der Waals surface area contributed by atoms with Crippen molar-refractivity contribution in [2.45, 2.75) is 58.9 Å². The molecule has 2 N–H and O–H groups in total. The van der Waals surface area contributed by atoms with Gasteiger partial charge in [0.2, 0.25) is 11.8 Å². The second kappa shape index (κ2) is 10.2. The standard InChI is InChI=1S/C14H26N2O4/c1-4-9-15-12(17)6-5-7-13(18)16(11(2)3)10-8-14(19)20/h11H,4-10H2,1-3H3,(H,15,17)(H,19,20). The Balaban J connectivity index is 4.07. The van der Waals surface area contributed by atoms with E-state index in [0.717, 1.165) is 6.42 Å². The van der Waals surface area contributed by atoms with E-state index in [0.29, 0.717) is 19.4 Å². The van der Waals surface area contributed by atoms with Crippen molar-refractivity contribution in [1.82, 2.24) is 10.2 Å². The lowest BCUT2D eigenvalue weighted by atomic mass is 10.2. The molecule has 0 aliphatic carbocycles. The molecular weight excluding hydrogens is 260 g/mol. The van der Waals surface area contributed by atoms with Crippen LogP contribution in [0.5, 0.6) is 0 Å². The third-order valence-electron chi connectivity index (χ3n) is 2.88. The summed E-state index contributed by atoms with van der Waals surface area (Å²) in [6.07, 6.45) is 1.93. The second-order valence-corrected chi connectivity index (χ2v) is 5.03. The molecule has 0 aromatic carbocycles. The Morgan fingerprint density at radius 3 is 2.30 bits per heavy atom. The van der Waals surface area contributed by atoms with Crippen molar-refractivity contribution >= 4 is 17.8 Å². The van der Waals surface area contributed by atoms with Gasteiger partial charge in [0.05, 0.1) is 6.42 Å². The number of carboxylic acid groups (broad SMARTS) is 1. The highest BCUT2D eigenvalue weighted by Crippen LogP contribution is 2.06. The number of carbonyl (C=O) groups excluding carboxylic acids is 2. The fourth-order valence-corrected chi connectivity index (χ4v) is 1.78. The van der Waals surface area contributed by atoms with Crippen molar-refractivity contribution in [3.8, 4) is 0 Å². The molecule has 0 heterocycles. The minimum atomic E-state index is -0.914. The lowest BCUT2D eigenvalue weighted by Gasteiger charge is -2.26. The molecule has 0 spiro atoms. The van der Waals surface area contributed by atoms with Crippen LogP contribution in [0, 0.1) is 0 Å². The Hall–Kier alpha value is -1.59. The largest absolute Gasteiger partial charge is 0.481 e. The maximum atomic E-state index is 12.0. The van der Waals surface area contributed by atoms with Crippen LogP contribution in [0.3, 0.4) is 0 Å². The molecule has 0 radical (unpaired) electrons. The minimum Gasteiger partial charge on any atom is -0.481 e. The Bertz CT molecular complexity index is 329. The molecule has 0 aliphatic rings. The third-order valence-corrected chi connectivity index (χ3v) is 2.88. The van der Waals surface area contributed by atoms with E-state index in [2.05, 4.69) is 5.32 Å². The zero-order chi connectivity index (χ0) is 15.5. The van der Waals surface area contributed by atoms with E-state index in [9.17, 15) is 14.4 Å². The van der Waals surface area contributed by atoms with Crippen LogP contribution in [0.25, 0.3) is 0 Å². The number of nitrogens with one attached hydrogen (secondary N) is 1. The van der Waals surface area contributed by atoms with E-state index >= 15 is 0 Å². The molecule has 0 aliphatic heterocycles. The van der Waals surface area contributed by atoms with Crippen LogP contribution < -0.4 is 5.32 Å². The molecule has 0 unspecified atom stereocenters. The Labute approximate surface area is 120 Å². The van der Waals surface area contributed by atoms with Crippen molar-refractivity contribution in [3.05, 3.63) is 0 Å². The van der Waals surface area contributed by atoms with E-state index in [1.807, 2.05) is 20.8 Å². The summed E-state index contributed by atoms with van der Waals surface area (Å²) in [5, 5.41) is 11.4. The van der Waals surface area contributed by atoms with E-state index < -0.39 is 5.97 Å². The lowest BCUT2D eigenvalue weighted by Crippen LogP contribution is -2.38. The highest BCUT2D eigenvalue weighted by Gasteiger charge is 2.17. The normalized spacial score (nSPS) is 10.4. The fourth-order valence-electron chi connectivity index (χ4n) is 1.78. The number of hydrogen-bond acceptors (Lipinski definition) is 3. The first kappa shape index (κ1) is 18.4. The third kappa shape index (κ3) is 8.50. The molecule has 116 valence electrons. The quantitative estimate of drug-likeness (QED) is 0.635. The molecule has 0 atom stereocenters. The topological polar surface area (TPSA) is 86.7 Å². The van der Waals surface area contributed by atoms with Crippen molar-refractivity contribution in [1.29, 1.82) is 0 Å². The lowest BCUT2D eigenvalue weighted by molar-refractivity contribution is -0.139. The number of amides is 2. The van der Waals surface area contributed by atoms with Gasteiger partial charge in [-0.15, -0.1) is 0 Å². The van der Waals surface area contributed by atoms with Gasteiger partial charge in [0.1, 0.15) is 0 Å². The first-order valence-electron chi connectivity index (χ1n) is 7.16. The van der Waals surface area contributed by atoms with Crippen molar-refractivity contribution in [2.75, 3.05) is 13.1 Å². The zero-order valence-corrected chi connectivity index (χ0v) is 12.6. The van der Waals surface area contributed by atoms with Gasteiger partial charge in [-0.05, 0) is 26.7 Å². The van der Waals surface area contributed by atoms with Crippen LogP contribution >= 0.6 is 0 Å². The summed E-state index contributed by atoms with van der Waals surface area (Å²) in [6.45, 7) is 6.56. The average molecular weight is 286 g/mol. The summed E-state index contributed by atoms with van der Waals surface area (Å²) < 4.78 is 0. The Morgan fingerprint density at radius 2 is 1.80 bits per heavy atom. The van der Waals surface area contributed by atoms with Crippen LogP contribution in [0.15, 0.2) is 0 Å². The molecule has 2 amide bonds. The molecule has 0 aromatic heterocycles. The summed E-state index contributed by atoms with van der Waals surface area (Å²) in [6, 6.07) is -0.0317. The second-order valence-electron chi connectivity index (χ2n) is 5.03. The van der Waals surface area contributed by atoms with Gasteiger partial charge < -0.3 is 15.3 Å². The summed E-state index contributed by atoms with van der Waals surface area (Å²) in [7, 11) is 0. The first-order valence-corrected chi connectivity index (χ1v) is 7.16. The number of hydrogen-bond donors (Lipinski definition) is 2. The van der Waals surface area contributed by atoms with Crippen LogP contribution in [-0.2, 0) is 14.4 Å². The molecule has 0 bridgehead atoms. The molecule has 0 rings (SSSR count).